The molecule has 0 heterocycles. The van der Waals surface area contributed by atoms with Crippen molar-refractivity contribution in [1.29, 1.82) is 0 Å². The van der Waals surface area contributed by atoms with Gasteiger partial charge in [0.05, 0.1) is 0 Å². The predicted octanol–water partition coefficient (Wildman–Crippen LogP) is 6.69. The standard InChI is InChI=1S/C26H35ClN2O/c27-22-8-14-25(15-9-22)30-26-3-1-2-21(17-26)18-29-24-12-6-20(7-13-24)16-19-4-10-23(28)11-5-19/h1-3,8-9,14-15,17,19-20,23-24,29H,4-7,10-13,16,18,28H2. The lowest BCUT2D eigenvalue weighted by atomic mass is 9.76. The maximum Gasteiger partial charge on any atom is 0.127 e. The topological polar surface area (TPSA) is 47.3 Å². The third kappa shape index (κ3) is 6.47. The quantitative estimate of drug-likeness (QED) is 0.518. The highest BCUT2D eigenvalue weighted by molar-refractivity contribution is 6.30. The normalized spacial score (nSPS) is 27.0. The average Bonchev–Trinajstić information content (AvgIpc) is 2.77. The van der Waals surface area contributed by atoms with E-state index in [0.717, 1.165) is 34.9 Å². The molecule has 30 heavy (non-hydrogen) atoms. The molecule has 2 aromatic rings. The van der Waals surface area contributed by atoms with Gasteiger partial charge in [-0.3, -0.25) is 0 Å². The first-order valence-corrected chi connectivity index (χ1v) is 12.0. The monoisotopic (exact) mass is 426 g/mol. The molecule has 0 aliphatic heterocycles. The second-order valence-electron chi connectivity index (χ2n) is 9.32. The van der Waals surface area contributed by atoms with E-state index in [1.54, 1.807) is 0 Å². The molecule has 4 heteroatoms. The van der Waals surface area contributed by atoms with Crippen LogP contribution in [-0.4, -0.2) is 12.1 Å². The summed E-state index contributed by atoms with van der Waals surface area (Å²) >= 11 is 5.95. The van der Waals surface area contributed by atoms with Crippen molar-refractivity contribution in [2.45, 2.75) is 76.4 Å². The number of nitrogens with two attached hydrogens (primary N) is 1. The van der Waals surface area contributed by atoms with E-state index in [-0.39, 0.29) is 0 Å². The second-order valence-corrected chi connectivity index (χ2v) is 9.75. The first-order chi connectivity index (χ1) is 14.6. The van der Waals surface area contributed by atoms with Gasteiger partial charge in [-0.05, 0) is 112 Å². The first-order valence-electron chi connectivity index (χ1n) is 11.7. The van der Waals surface area contributed by atoms with Gasteiger partial charge in [0.2, 0.25) is 0 Å². The van der Waals surface area contributed by atoms with E-state index in [9.17, 15) is 0 Å². The molecule has 0 spiro atoms. The maximum absolute atomic E-state index is 6.06. The van der Waals surface area contributed by atoms with E-state index >= 15 is 0 Å². The molecule has 2 saturated carbocycles. The van der Waals surface area contributed by atoms with E-state index in [1.807, 2.05) is 30.3 Å². The summed E-state index contributed by atoms with van der Waals surface area (Å²) in [6.07, 6.45) is 12.0. The Morgan fingerprint density at radius 2 is 1.50 bits per heavy atom. The van der Waals surface area contributed by atoms with Crippen molar-refractivity contribution in [2.24, 2.45) is 17.6 Å². The zero-order valence-corrected chi connectivity index (χ0v) is 18.6. The van der Waals surface area contributed by atoms with Crippen molar-refractivity contribution in [2.75, 3.05) is 0 Å². The van der Waals surface area contributed by atoms with Gasteiger partial charge >= 0.3 is 0 Å². The largest absolute Gasteiger partial charge is 0.457 e. The second kappa shape index (κ2) is 10.7. The van der Waals surface area contributed by atoms with Crippen LogP contribution in [0.25, 0.3) is 0 Å². The van der Waals surface area contributed by atoms with Gasteiger partial charge in [-0.15, -0.1) is 0 Å². The van der Waals surface area contributed by atoms with Crippen LogP contribution in [0.3, 0.4) is 0 Å². The molecule has 2 fully saturated rings. The van der Waals surface area contributed by atoms with Crippen molar-refractivity contribution in [1.82, 2.24) is 5.32 Å². The van der Waals surface area contributed by atoms with Crippen LogP contribution in [0.5, 0.6) is 11.5 Å². The molecule has 2 aliphatic rings. The minimum atomic E-state index is 0.469. The van der Waals surface area contributed by atoms with Crippen molar-refractivity contribution < 1.29 is 4.74 Å². The zero-order chi connectivity index (χ0) is 20.8. The van der Waals surface area contributed by atoms with Crippen LogP contribution < -0.4 is 15.8 Å². The summed E-state index contributed by atoms with van der Waals surface area (Å²) in [6, 6.07) is 17.0. The van der Waals surface area contributed by atoms with Gasteiger partial charge < -0.3 is 15.8 Å². The van der Waals surface area contributed by atoms with E-state index < -0.39 is 0 Å². The van der Waals surface area contributed by atoms with Crippen molar-refractivity contribution in [3.63, 3.8) is 0 Å². The van der Waals surface area contributed by atoms with Crippen LogP contribution in [0.15, 0.2) is 48.5 Å². The minimum absolute atomic E-state index is 0.469. The predicted molar refractivity (Wildman–Crippen MR) is 125 cm³/mol. The van der Waals surface area contributed by atoms with Gasteiger partial charge in [-0.1, -0.05) is 23.7 Å². The summed E-state index contributed by atoms with van der Waals surface area (Å²) in [5.41, 5.74) is 7.33. The Balaban J connectivity index is 1.19. The molecular weight excluding hydrogens is 392 g/mol. The lowest BCUT2D eigenvalue weighted by Crippen LogP contribution is -2.33. The highest BCUT2D eigenvalue weighted by atomic mass is 35.5. The number of halogens is 1. The van der Waals surface area contributed by atoms with E-state index in [0.29, 0.717) is 12.1 Å². The molecule has 162 valence electrons. The first kappa shape index (κ1) is 21.7. The molecule has 0 radical (unpaired) electrons. The Morgan fingerprint density at radius 1 is 0.833 bits per heavy atom. The van der Waals surface area contributed by atoms with Crippen LogP contribution in [0.2, 0.25) is 5.02 Å². The Bertz CT molecular complexity index is 778. The van der Waals surface area contributed by atoms with E-state index in [1.165, 1.54) is 63.4 Å². The highest BCUT2D eigenvalue weighted by Gasteiger charge is 2.25. The molecule has 0 atom stereocenters. The fourth-order valence-electron chi connectivity index (χ4n) is 5.12. The molecule has 3 N–H and O–H groups in total. The van der Waals surface area contributed by atoms with Crippen LogP contribution >= 0.6 is 11.6 Å². The lowest BCUT2D eigenvalue weighted by molar-refractivity contribution is 0.214. The maximum atomic E-state index is 6.06. The Morgan fingerprint density at radius 3 is 2.20 bits per heavy atom. The Kier molecular flexibility index (Phi) is 7.70. The molecule has 2 aliphatic carbocycles. The molecular formula is C26H35ClN2O. The number of rotatable bonds is 7. The minimum Gasteiger partial charge on any atom is -0.457 e. The lowest BCUT2D eigenvalue weighted by Gasteiger charge is -2.33. The number of ether oxygens (including phenoxy) is 1. The summed E-state index contributed by atoms with van der Waals surface area (Å²) in [5.74, 6) is 3.54. The Labute approximate surface area is 186 Å². The molecule has 3 nitrogen and oxygen atoms in total. The molecule has 4 rings (SSSR count). The van der Waals surface area contributed by atoms with Crippen LogP contribution in [0.1, 0.15) is 63.4 Å². The van der Waals surface area contributed by atoms with Crippen LogP contribution in [0.4, 0.5) is 0 Å². The van der Waals surface area contributed by atoms with Crippen LogP contribution in [0, 0.1) is 11.8 Å². The Hall–Kier alpha value is -1.55. The van der Waals surface area contributed by atoms with Gasteiger partial charge in [0.1, 0.15) is 11.5 Å². The third-order valence-electron chi connectivity index (χ3n) is 6.95. The summed E-state index contributed by atoms with van der Waals surface area (Å²) in [5, 5.41) is 4.50. The number of nitrogens with one attached hydrogen (secondary N) is 1. The van der Waals surface area contributed by atoms with Crippen molar-refractivity contribution in [3.8, 4) is 11.5 Å². The van der Waals surface area contributed by atoms with Crippen LogP contribution in [-0.2, 0) is 6.54 Å². The number of hydrogen-bond donors (Lipinski definition) is 2. The molecule has 0 bridgehead atoms. The summed E-state index contributed by atoms with van der Waals surface area (Å²) in [6.45, 7) is 0.896. The fraction of sp³-hybridized carbons (Fsp3) is 0.538. The number of benzene rings is 2. The molecule has 0 unspecified atom stereocenters. The van der Waals surface area contributed by atoms with Gasteiger partial charge in [0.15, 0.2) is 0 Å². The van der Waals surface area contributed by atoms with Gasteiger partial charge in [0.25, 0.3) is 0 Å². The zero-order valence-electron chi connectivity index (χ0n) is 17.9. The average molecular weight is 427 g/mol. The SMILES string of the molecule is NC1CCC(CC2CCC(NCc3cccc(Oc4ccc(Cl)cc4)c3)CC2)CC1. The van der Waals surface area contributed by atoms with Gasteiger partial charge in [-0.25, -0.2) is 0 Å². The third-order valence-corrected chi connectivity index (χ3v) is 7.20. The molecule has 0 saturated heterocycles. The van der Waals surface area contributed by atoms with E-state index in [4.69, 9.17) is 22.1 Å². The fourth-order valence-corrected chi connectivity index (χ4v) is 5.24. The van der Waals surface area contributed by atoms with Crippen molar-refractivity contribution >= 4 is 11.6 Å². The molecule has 0 amide bonds. The molecule has 0 aromatic heterocycles. The van der Waals surface area contributed by atoms with E-state index in [2.05, 4.69) is 23.5 Å². The smallest absolute Gasteiger partial charge is 0.127 e. The van der Waals surface area contributed by atoms with Gasteiger partial charge in [-0.2, -0.15) is 0 Å². The summed E-state index contributed by atoms with van der Waals surface area (Å²) < 4.78 is 5.96. The summed E-state index contributed by atoms with van der Waals surface area (Å²) in [7, 11) is 0. The highest BCUT2D eigenvalue weighted by Crippen LogP contribution is 2.35. The number of hydrogen-bond acceptors (Lipinski definition) is 3. The van der Waals surface area contributed by atoms with Gasteiger partial charge in [0, 0.05) is 23.7 Å². The summed E-state index contributed by atoms with van der Waals surface area (Å²) in [4.78, 5) is 0. The van der Waals surface area contributed by atoms with Crippen molar-refractivity contribution in [3.05, 3.63) is 59.1 Å². The molecule has 2 aromatic carbocycles.